The number of aromatic nitrogens is 2. The molecule has 0 fully saturated rings. The number of carbonyl (C=O) groups excluding carboxylic acids is 1. The summed E-state index contributed by atoms with van der Waals surface area (Å²) < 4.78 is 12.9. The Balaban J connectivity index is 1.48. The molecule has 1 heterocycles. The monoisotopic (exact) mass is 454 g/mol. The molecule has 5 heteroatoms. The quantitative estimate of drug-likeness (QED) is 0.191. The Morgan fingerprint density at radius 2 is 1.71 bits per heavy atom. The number of methoxy groups -OCH3 is 1. The molecular weight excluding hydrogens is 424 g/mol. The topological polar surface area (TPSA) is 53.4 Å². The van der Waals surface area contributed by atoms with Crippen LogP contribution >= 0.6 is 0 Å². The zero-order valence-electron chi connectivity index (χ0n) is 19.5. The fourth-order valence-electron chi connectivity index (χ4n) is 3.89. The summed E-state index contributed by atoms with van der Waals surface area (Å²) in [4.78, 5) is 16.1. The molecule has 0 bridgehead atoms. The minimum atomic E-state index is -0.158. The van der Waals surface area contributed by atoms with Crippen LogP contribution in [0.25, 0.3) is 28.5 Å². The van der Waals surface area contributed by atoms with Crippen LogP contribution in [0.5, 0.6) is 5.75 Å². The smallest absolute Gasteiger partial charge is 0.305 e. The number of hydrogen-bond donors (Lipinski definition) is 0. The summed E-state index contributed by atoms with van der Waals surface area (Å²) in [5.41, 5.74) is 4.24. The number of esters is 1. The first-order valence-electron chi connectivity index (χ1n) is 11.7. The normalized spacial score (nSPS) is 11.2. The number of nitrogens with zero attached hydrogens (tertiary/aromatic N) is 2. The third-order valence-electron chi connectivity index (χ3n) is 5.67. The molecule has 4 rings (SSSR count). The number of benzene rings is 3. The Kier molecular flexibility index (Phi) is 8.12. The molecule has 0 unspecified atom stereocenters. The van der Waals surface area contributed by atoms with E-state index < -0.39 is 0 Å². The predicted molar refractivity (Wildman–Crippen MR) is 137 cm³/mol. The zero-order valence-corrected chi connectivity index (χ0v) is 19.5. The number of carbonyl (C=O) groups is 1. The highest BCUT2D eigenvalue weighted by Gasteiger charge is 2.12. The maximum atomic E-state index is 11.2. The van der Waals surface area contributed by atoms with Gasteiger partial charge in [0.15, 0.2) is 0 Å². The molecule has 0 N–H and O–H groups in total. The molecule has 174 valence electrons. The molecule has 0 radical (unpaired) electrons. The first-order chi connectivity index (χ1) is 16.7. The van der Waals surface area contributed by atoms with Gasteiger partial charge in [-0.1, -0.05) is 72.8 Å². The van der Waals surface area contributed by atoms with Crippen molar-refractivity contribution in [2.24, 2.45) is 0 Å². The molecule has 0 aliphatic carbocycles. The van der Waals surface area contributed by atoms with Crippen molar-refractivity contribution in [3.63, 3.8) is 0 Å². The summed E-state index contributed by atoms with van der Waals surface area (Å²) in [7, 11) is 1.42. The lowest BCUT2D eigenvalue weighted by molar-refractivity contribution is -0.140. The molecule has 0 saturated carbocycles. The van der Waals surface area contributed by atoms with Gasteiger partial charge in [0.25, 0.3) is 0 Å². The van der Waals surface area contributed by atoms with E-state index in [-0.39, 0.29) is 5.97 Å². The van der Waals surface area contributed by atoms with Gasteiger partial charge in [-0.3, -0.25) is 4.79 Å². The van der Waals surface area contributed by atoms with Gasteiger partial charge in [-0.05, 0) is 37.0 Å². The lowest BCUT2D eigenvalue weighted by Crippen LogP contribution is -2.01. The second kappa shape index (κ2) is 11.8. The Hall–Kier alpha value is -3.86. The van der Waals surface area contributed by atoms with E-state index in [0.717, 1.165) is 54.0 Å². The Labute approximate surface area is 200 Å². The molecule has 0 atom stereocenters. The largest absolute Gasteiger partial charge is 0.494 e. The third kappa shape index (κ3) is 6.13. The van der Waals surface area contributed by atoms with Crippen LogP contribution in [-0.2, 0) is 16.1 Å². The van der Waals surface area contributed by atoms with Gasteiger partial charge in [0, 0.05) is 24.6 Å². The van der Waals surface area contributed by atoms with E-state index in [4.69, 9.17) is 9.72 Å². The number of rotatable bonds is 11. The highest BCUT2D eigenvalue weighted by Crippen LogP contribution is 2.28. The first-order valence-corrected chi connectivity index (χ1v) is 11.7. The van der Waals surface area contributed by atoms with Crippen molar-refractivity contribution in [1.82, 2.24) is 9.55 Å². The Morgan fingerprint density at radius 1 is 0.941 bits per heavy atom. The second-order valence-corrected chi connectivity index (χ2v) is 8.11. The summed E-state index contributed by atoms with van der Waals surface area (Å²) in [6, 6.07) is 26.7. The molecule has 34 heavy (non-hydrogen) atoms. The van der Waals surface area contributed by atoms with Gasteiger partial charge in [0.05, 0.1) is 24.8 Å². The van der Waals surface area contributed by atoms with Gasteiger partial charge in [-0.25, -0.2) is 4.98 Å². The molecule has 3 aromatic carbocycles. The molecule has 1 aromatic heterocycles. The van der Waals surface area contributed by atoms with Crippen molar-refractivity contribution in [3.8, 4) is 17.1 Å². The van der Waals surface area contributed by atoms with E-state index in [0.29, 0.717) is 13.0 Å². The lowest BCUT2D eigenvalue weighted by Gasteiger charge is -2.08. The van der Waals surface area contributed by atoms with Gasteiger partial charge in [-0.2, -0.15) is 0 Å². The van der Waals surface area contributed by atoms with Crippen LogP contribution in [0.2, 0.25) is 0 Å². The van der Waals surface area contributed by atoms with Crippen LogP contribution in [0.4, 0.5) is 0 Å². The van der Waals surface area contributed by atoms with Gasteiger partial charge >= 0.3 is 5.97 Å². The van der Waals surface area contributed by atoms with Crippen LogP contribution in [-0.4, -0.2) is 29.2 Å². The highest BCUT2D eigenvalue weighted by molar-refractivity contribution is 5.82. The summed E-state index contributed by atoms with van der Waals surface area (Å²) in [6.45, 7) is 1.33. The maximum Gasteiger partial charge on any atom is 0.305 e. The minimum Gasteiger partial charge on any atom is -0.494 e. The van der Waals surface area contributed by atoms with Crippen molar-refractivity contribution in [2.45, 2.75) is 32.2 Å². The first kappa shape index (κ1) is 23.3. The number of ether oxygens (including phenoxy) is 2. The van der Waals surface area contributed by atoms with E-state index in [2.05, 4.69) is 51.8 Å². The molecule has 0 saturated heterocycles. The molecule has 0 aliphatic rings. The van der Waals surface area contributed by atoms with Crippen molar-refractivity contribution in [2.75, 3.05) is 13.7 Å². The second-order valence-electron chi connectivity index (χ2n) is 8.11. The van der Waals surface area contributed by atoms with E-state index in [1.54, 1.807) is 0 Å². The van der Waals surface area contributed by atoms with Gasteiger partial charge < -0.3 is 14.0 Å². The van der Waals surface area contributed by atoms with Crippen LogP contribution in [0.15, 0.2) is 84.9 Å². The summed E-state index contributed by atoms with van der Waals surface area (Å²) in [5.74, 6) is 1.59. The van der Waals surface area contributed by atoms with Crippen molar-refractivity contribution >= 4 is 23.1 Å². The van der Waals surface area contributed by atoms with Crippen molar-refractivity contribution in [3.05, 3.63) is 90.5 Å². The number of unbranched alkanes of at least 4 members (excludes halogenated alkanes) is 2. The average molecular weight is 455 g/mol. The molecular formula is C29H30N2O3. The fraction of sp³-hybridized carbons (Fsp3) is 0.241. The molecule has 0 amide bonds. The van der Waals surface area contributed by atoms with Crippen LogP contribution in [0, 0.1) is 0 Å². The van der Waals surface area contributed by atoms with Gasteiger partial charge in [0.2, 0.25) is 0 Å². The van der Waals surface area contributed by atoms with Crippen molar-refractivity contribution < 1.29 is 14.3 Å². The third-order valence-corrected chi connectivity index (χ3v) is 5.67. The van der Waals surface area contributed by atoms with Crippen molar-refractivity contribution in [1.29, 1.82) is 0 Å². The van der Waals surface area contributed by atoms with Crippen LogP contribution in [0.3, 0.4) is 0 Å². The number of fused-ring (bicyclic) bond motifs is 1. The van der Waals surface area contributed by atoms with E-state index in [9.17, 15) is 4.79 Å². The van der Waals surface area contributed by atoms with E-state index >= 15 is 0 Å². The Bertz CT molecular complexity index is 1230. The van der Waals surface area contributed by atoms with Gasteiger partial charge in [0.1, 0.15) is 11.6 Å². The molecule has 5 nitrogen and oxygen atoms in total. The fourth-order valence-corrected chi connectivity index (χ4v) is 3.89. The number of allylic oxidation sites excluding steroid dienone is 1. The Morgan fingerprint density at radius 3 is 2.47 bits per heavy atom. The van der Waals surface area contributed by atoms with Gasteiger partial charge in [-0.15, -0.1) is 0 Å². The lowest BCUT2D eigenvalue weighted by atomic mass is 10.2. The average Bonchev–Trinajstić information content (AvgIpc) is 3.25. The predicted octanol–water partition coefficient (Wildman–Crippen LogP) is 6.53. The van der Waals surface area contributed by atoms with Crippen LogP contribution in [0.1, 0.15) is 31.2 Å². The van der Waals surface area contributed by atoms with E-state index in [1.807, 2.05) is 48.5 Å². The minimum absolute atomic E-state index is 0.158. The molecule has 4 aromatic rings. The van der Waals surface area contributed by atoms with E-state index in [1.165, 1.54) is 12.7 Å². The zero-order chi connectivity index (χ0) is 23.6. The summed E-state index contributed by atoms with van der Waals surface area (Å²) in [5, 5.41) is 0. The maximum absolute atomic E-state index is 11.2. The molecule has 0 aliphatic heterocycles. The standard InChI is InChI=1S/C29H30N2O3/c1-33-28(32)17-9-4-10-21-34-25-18-19-27-26(22-25)30-29(24-15-7-3-8-16-24)31(27)20-11-14-23-12-5-2-6-13-23/h2-3,5-8,11-16,18-19,22H,4,9-10,17,20-21H2,1H3/b14-11+. The van der Waals surface area contributed by atoms with Crippen LogP contribution < -0.4 is 4.74 Å². The SMILES string of the molecule is COC(=O)CCCCCOc1ccc2c(c1)nc(-c1ccccc1)n2C/C=C/c1ccccc1. The number of imidazole rings is 1. The molecule has 0 spiro atoms. The number of hydrogen-bond acceptors (Lipinski definition) is 4. The summed E-state index contributed by atoms with van der Waals surface area (Å²) in [6.07, 6.45) is 7.40. The highest BCUT2D eigenvalue weighted by atomic mass is 16.5. The summed E-state index contributed by atoms with van der Waals surface area (Å²) >= 11 is 0.